The number of nitrogens with zero attached hydrogens (tertiary/aromatic N) is 4. The lowest BCUT2D eigenvalue weighted by molar-refractivity contribution is -0.135. The van der Waals surface area contributed by atoms with Gasteiger partial charge >= 0.3 is 0 Å². The number of aromatic nitrogens is 1. The van der Waals surface area contributed by atoms with Gasteiger partial charge in [-0.2, -0.15) is 0 Å². The summed E-state index contributed by atoms with van der Waals surface area (Å²) in [6, 6.07) is 7.40. The van der Waals surface area contributed by atoms with E-state index in [9.17, 15) is 9.59 Å². The molecule has 2 aromatic rings. The number of benzene rings is 1. The van der Waals surface area contributed by atoms with Crippen LogP contribution >= 0.6 is 11.3 Å². The standard InChI is InChI=1S/C20H27N5O3S/c1-14-11-21-20(29-14)22-18(26)13-25-10-9-24(12-17(25)19(27)23(2)3)15-5-7-16(28-4)8-6-15/h5-8,11,17H,9-10,12-13H2,1-4H3,(H,21,22,26)/t17-/m1/s1. The minimum absolute atomic E-state index is 0.0129. The summed E-state index contributed by atoms with van der Waals surface area (Å²) in [5, 5.41) is 3.41. The molecule has 1 aliphatic heterocycles. The topological polar surface area (TPSA) is 78.0 Å². The number of rotatable bonds is 6. The van der Waals surface area contributed by atoms with Gasteiger partial charge < -0.3 is 19.9 Å². The zero-order valence-corrected chi connectivity index (χ0v) is 18.0. The van der Waals surface area contributed by atoms with E-state index in [1.54, 1.807) is 32.3 Å². The largest absolute Gasteiger partial charge is 0.497 e. The Balaban J connectivity index is 1.69. The summed E-state index contributed by atoms with van der Waals surface area (Å²) in [5.74, 6) is 0.623. The Morgan fingerprint density at radius 2 is 2.00 bits per heavy atom. The number of thiazole rings is 1. The van der Waals surface area contributed by atoms with Crippen molar-refractivity contribution in [2.75, 3.05) is 57.6 Å². The number of carbonyl (C=O) groups excluding carboxylic acids is 2. The van der Waals surface area contributed by atoms with E-state index in [0.717, 1.165) is 22.9 Å². The lowest BCUT2D eigenvalue weighted by Crippen LogP contribution is -2.60. The van der Waals surface area contributed by atoms with Crippen molar-refractivity contribution >= 4 is 34.0 Å². The fourth-order valence-electron chi connectivity index (χ4n) is 3.33. The van der Waals surface area contributed by atoms with Crippen molar-refractivity contribution in [1.29, 1.82) is 0 Å². The molecule has 1 atom stereocenters. The molecule has 0 spiro atoms. The third-order valence-corrected chi connectivity index (χ3v) is 5.70. The molecule has 1 aromatic carbocycles. The zero-order valence-electron chi connectivity index (χ0n) is 17.2. The van der Waals surface area contributed by atoms with Crippen LogP contribution in [0.1, 0.15) is 4.88 Å². The third kappa shape index (κ3) is 5.24. The summed E-state index contributed by atoms with van der Waals surface area (Å²) in [7, 11) is 5.12. The average molecular weight is 418 g/mol. The monoisotopic (exact) mass is 417 g/mol. The maximum atomic E-state index is 12.8. The molecule has 9 heteroatoms. The van der Waals surface area contributed by atoms with Crippen LogP contribution in [-0.2, 0) is 9.59 Å². The van der Waals surface area contributed by atoms with Crippen LogP contribution in [0.15, 0.2) is 30.5 Å². The lowest BCUT2D eigenvalue weighted by Gasteiger charge is -2.42. The number of anilines is 2. The van der Waals surface area contributed by atoms with Gasteiger partial charge in [0.05, 0.1) is 13.7 Å². The fraction of sp³-hybridized carbons (Fsp3) is 0.450. The number of amides is 2. The van der Waals surface area contributed by atoms with E-state index < -0.39 is 6.04 Å². The molecule has 1 saturated heterocycles. The van der Waals surface area contributed by atoms with Crippen molar-refractivity contribution in [2.45, 2.75) is 13.0 Å². The number of carbonyl (C=O) groups is 2. The Hall–Kier alpha value is -2.65. The molecule has 0 saturated carbocycles. The molecule has 1 fully saturated rings. The van der Waals surface area contributed by atoms with Crippen LogP contribution < -0.4 is 15.0 Å². The van der Waals surface area contributed by atoms with E-state index in [-0.39, 0.29) is 18.4 Å². The second-order valence-electron chi connectivity index (χ2n) is 7.19. The maximum Gasteiger partial charge on any atom is 0.241 e. The van der Waals surface area contributed by atoms with Crippen molar-refractivity contribution < 1.29 is 14.3 Å². The molecule has 1 aliphatic rings. The summed E-state index contributed by atoms with van der Waals surface area (Å²) < 4.78 is 5.22. The Kier molecular flexibility index (Phi) is 6.71. The predicted octanol–water partition coefficient (Wildman–Crippen LogP) is 1.68. The quantitative estimate of drug-likeness (QED) is 0.771. The van der Waals surface area contributed by atoms with Crippen molar-refractivity contribution in [3.8, 4) is 5.75 Å². The first-order valence-electron chi connectivity index (χ1n) is 9.44. The molecule has 2 amide bonds. The van der Waals surface area contributed by atoms with Gasteiger partial charge in [-0.25, -0.2) is 4.98 Å². The first-order valence-corrected chi connectivity index (χ1v) is 10.3. The fourth-order valence-corrected chi connectivity index (χ4v) is 4.01. The number of methoxy groups -OCH3 is 1. The van der Waals surface area contributed by atoms with E-state index in [1.807, 2.05) is 36.1 Å². The Bertz CT molecular complexity index is 852. The van der Waals surface area contributed by atoms with Crippen molar-refractivity contribution in [1.82, 2.24) is 14.8 Å². The van der Waals surface area contributed by atoms with Gasteiger partial charge in [0.1, 0.15) is 11.8 Å². The van der Waals surface area contributed by atoms with Gasteiger partial charge in [0.15, 0.2) is 5.13 Å². The van der Waals surface area contributed by atoms with E-state index in [0.29, 0.717) is 18.2 Å². The van der Waals surface area contributed by atoms with Gasteiger partial charge in [0.25, 0.3) is 0 Å². The number of nitrogens with one attached hydrogen (secondary N) is 1. The number of piperazine rings is 1. The van der Waals surface area contributed by atoms with Crippen molar-refractivity contribution in [3.05, 3.63) is 35.3 Å². The molecule has 0 bridgehead atoms. The number of hydrogen-bond donors (Lipinski definition) is 1. The molecule has 0 aliphatic carbocycles. The Morgan fingerprint density at radius 3 is 2.59 bits per heavy atom. The average Bonchev–Trinajstić information content (AvgIpc) is 3.12. The highest BCUT2D eigenvalue weighted by Crippen LogP contribution is 2.23. The highest BCUT2D eigenvalue weighted by atomic mass is 32.1. The number of ether oxygens (including phenoxy) is 1. The van der Waals surface area contributed by atoms with Crippen LogP contribution in [-0.4, -0.2) is 80.0 Å². The summed E-state index contributed by atoms with van der Waals surface area (Å²) in [6.07, 6.45) is 1.73. The Labute approximate surface area is 175 Å². The smallest absolute Gasteiger partial charge is 0.241 e. The van der Waals surface area contributed by atoms with E-state index in [1.165, 1.54) is 11.3 Å². The van der Waals surface area contributed by atoms with Crippen LogP contribution in [0.4, 0.5) is 10.8 Å². The molecular weight excluding hydrogens is 390 g/mol. The molecule has 0 radical (unpaired) electrons. The molecule has 1 aromatic heterocycles. The van der Waals surface area contributed by atoms with E-state index in [2.05, 4.69) is 15.2 Å². The molecule has 8 nitrogen and oxygen atoms in total. The van der Waals surface area contributed by atoms with Gasteiger partial charge in [-0.05, 0) is 31.2 Å². The minimum Gasteiger partial charge on any atom is -0.497 e. The van der Waals surface area contributed by atoms with Crippen LogP contribution in [0.3, 0.4) is 0 Å². The minimum atomic E-state index is -0.398. The summed E-state index contributed by atoms with van der Waals surface area (Å²) in [4.78, 5) is 36.2. The van der Waals surface area contributed by atoms with Crippen LogP contribution in [0, 0.1) is 6.92 Å². The maximum absolute atomic E-state index is 12.8. The van der Waals surface area contributed by atoms with Gasteiger partial charge in [0, 0.05) is 50.5 Å². The molecule has 29 heavy (non-hydrogen) atoms. The van der Waals surface area contributed by atoms with Crippen molar-refractivity contribution in [2.24, 2.45) is 0 Å². The van der Waals surface area contributed by atoms with Crippen molar-refractivity contribution in [3.63, 3.8) is 0 Å². The number of aryl methyl sites for hydroxylation is 1. The normalized spacial score (nSPS) is 17.1. The van der Waals surface area contributed by atoms with Gasteiger partial charge in [-0.3, -0.25) is 14.5 Å². The molecule has 156 valence electrons. The first kappa shape index (κ1) is 21.1. The number of likely N-dealkylation sites (N-methyl/N-ethyl adjacent to an activating group) is 1. The molecule has 0 unspecified atom stereocenters. The SMILES string of the molecule is COc1ccc(N2CCN(CC(=O)Nc3ncc(C)s3)[C@@H](C(=O)N(C)C)C2)cc1. The highest BCUT2D eigenvalue weighted by molar-refractivity contribution is 7.15. The lowest BCUT2D eigenvalue weighted by atomic mass is 10.1. The summed E-state index contributed by atoms with van der Waals surface area (Å²) >= 11 is 1.44. The van der Waals surface area contributed by atoms with Gasteiger partial charge in [-0.1, -0.05) is 0 Å². The molecular formula is C20H27N5O3S. The first-order chi connectivity index (χ1) is 13.9. The van der Waals surface area contributed by atoms with Crippen LogP contribution in [0.25, 0.3) is 0 Å². The predicted molar refractivity (Wildman–Crippen MR) is 115 cm³/mol. The Morgan fingerprint density at radius 1 is 1.28 bits per heavy atom. The molecule has 1 N–H and O–H groups in total. The second-order valence-corrected chi connectivity index (χ2v) is 8.42. The molecule has 3 rings (SSSR count). The van der Waals surface area contributed by atoms with E-state index in [4.69, 9.17) is 4.74 Å². The van der Waals surface area contributed by atoms with Gasteiger partial charge in [-0.15, -0.1) is 11.3 Å². The summed E-state index contributed by atoms with van der Waals surface area (Å²) in [6.45, 7) is 3.96. The third-order valence-electron chi connectivity index (χ3n) is 4.87. The van der Waals surface area contributed by atoms with Gasteiger partial charge in [0.2, 0.25) is 11.8 Å². The molecule has 2 heterocycles. The van der Waals surface area contributed by atoms with Crippen LogP contribution in [0.5, 0.6) is 5.75 Å². The number of hydrogen-bond acceptors (Lipinski definition) is 7. The summed E-state index contributed by atoms with van der Waals surface area (Å²) in [5.41, 5.74) is 1.03. The van der Waals surface area contributed by atoms with E-state index >= 15 is 0 Å². The second kappa shape index (κ2) is 9.23. The highest BCUT2D eigenvalue weighted by Gasteiger charge is 2.34. The zero-order chi connectivity index (χ0) is 21.0. The van der Waals surface area contributed by atoms with Crippen LogP contribution in [0.2, 0.25) is 0 Å².